The lowest BCUT2D eigenvalue weighted by Crippen LogP contribution is -2.13. The molecule has 0 spiro atoms. The molecular formula is C20H13Cl2N3O3. The van der Waals surface area contributed by atoms with Gasteiger partial charge in [0.15, 0.2) is 5.82 Å². The molecule has 0 aliphatic heterocycles. The van der Waals surface area contributed by atoms with Gasteiger partial charge in [0.1, 0.15) is 12.1 Å². The average Bonchev–Trinajstić information content (AvgIpc) is 3.06. The lowest BCUT2D eigenvalue weighted by Gasteiger charge is -2.12. The lowest BCUT2D eigenvalue weighted by atomic mass is 10.2. The fourth-order valence-electron chi connectivity index (χ4n) is 2.83. The fraction of sp³-hybridized carbons (Fsp3) is 0.0500. The number of nitro groups is 1. The lowest BCUT2D eigenvalue weighted by molar-refractivity contribution is -0.384. The van der Waals surface area contributed by atoms with E-state index in [9.17, 15) is 10.1 Å². The van der Waals surface area contributed by atoms with E-state index in [1.165, 1.54) is 16.9 Å². The zero-order chi connectivity index (χ0) is 19.7. The Bertz CT molecular complexity index is 1180. The Kier molecular flexibility index (Phi) is 4.90. The second-order valence-electron chi connectivity index (χ2n) is 6.04. The summed E-state index contributed by atoms with van der Waals surface area (Å²) in [7, 11) is 0. The minimum atomic E-state index is -0.449. The molecule has 8 heteroatoms. The number of nitrogens with zero attached hydrogens (tertiary/aromatic N) is 3. The van der Waals surface area contributed by atoms with Crippen LogP contribution in [-0.2, 0) is 6.61 Å². The first kappa shape index (κ1) is 18.3. The number of nitro benzene ring substituents is 1. The highest BCUT2D eigenvalue weighted by molar-refractivity contribution is 6.35. The highest BCUT2D eigenvalue weighted by atomic mass is 35.5. The molecule has 0 atom stereocenters. The van der Waals surface area contributed by atoms with E-state index in [0.717, 1.165) is 11.1 Å². The van der Waals surface area contributed by atoms with Crippen molar-refractivity contribution < 1.29 is 9.76 Å². The van der Waals surface area contributed by atoms with E-state index in [1.807, 2.05) is 30.3 Å². The van der Waals surface area contributed by atoms with Crippen molar-refractivity contribution in [2.24, 2.45) is 0 Å². The minimum absolute atomic E-state index is 0.0404. The molecule has 3 aromatic carbocycles. The van der Waals surface area contributed by atoms with Crippen LogP contribution in [0.1, 0.15) is 5.56 Å². The number of hydrogen-bond acceptors (Lipinski definition) is 4. The van der Waals surface area contributed by atoms with Gasteiger partial charge < -0.3 is 4.84 Å². The number of rotatable bonds is 5. The summed E-state index contributed by atoms with van der Waals surface area (Å²) < 4.78 is 1.50. The van der Waals surface area contributed by atoms with Crippen molar-refractivity contribution in [3.8, 4) is 11.4 Å². The van der Waals surface area contributed by atoms with Crippen LogP contribution < -0.4 is 4.84 Å². The zero-order valence-corrected chi connectivity index (χ0v) is 15.9. The first-order chi connectivity index (χ1) is 13.5. The van der Waals surface area contributed by atoms with Gasteiger partial charge in [-0.25, -0.2) is 4.98 Å². The molecule has 0 fully saturated rings. The van der Waals surface area contributed by atoms with E-state index in [-0.39, 0.29) is 12.3 Å². The third-order valence-corrected chi connectivity index (χ3v) is 4.79. The van der Waals surface area contributed by atoms with Gasteiger partial charge in [0, 0.05) is 33.3 Å². The summed E-state index contributed by atoms with van der Waals surface area (Å²) in [6.07, 6.45) is 0. The highest BCUT2D eigenvalue weighted by Gasteiger charge is 2.17. The van der Waals surface area contributed by atoms with Crippen LogP contribution in [-0.4, -0.2) is 14.6 Å². The molecule has 28 heavy (non-hydrogen) atoms. The van der Waals surface area contributed by atoms with E-state index >= 15 is 0 Å². The number of aromatic nitrogens is 2. The number of hydrogen-bond donors (Lipinski definition) is 0. The predicted octanol–water partition coefficient (Wildman–Crippen LogP) is 5.55. The van der Waals surface area contributed by atoms with Crippen molar-refractivity contribution in [2.45, 2.75) is 6.61 Å². The largest absolute Gasteiger partial charge is 0.407 e. The van der Waals surface area contributed by atoms with Gasteiger partial charge in [-0.2, -0.15) is 4.73 Å². The van der Waals surface area contributed by atoms with Gasteiger partial charge in [-0.05, 0) is 18.2 Å². The van der Waals surface area contributed by atoms with Crippen LogP contribution in [0.25, 0.3) is 22.4 Å². The number of non-ortho nitro benzene ring substituents is 1. The Morgan fingerprint density at radius 2 is 1.82 bits per heavy atom. The maximum Gasteiger partial charge on any atom is 0.271 e. The Balaban J connectivity index is 1.81. The van der Waals surface area contributed by atoms with Crippen molar-refractivity contribution in [1.29, 1.82) is 0 Å². The van der Waals surface area contributed by atoms with E-state index in [4.69, 9.17) is 28.0 Å². The van der Waals surface area contributed by atoms with Crippen LogP contribution in [0.15, 0.2) is 66.7 Å². The SMILES string of the molecule is O=[N+]([O-])c1ccc2nc(-c3ccccc3)n(OCc3ccc(Cl)cc3Cl)c2c1. The average molecular weight is 414 g/mol. The summed E-state index contributed by atoms with van der Waals surface area (Å²) in [5, 5.41) is 12.2. The normalized spacial score (nSPS) is 10.9. The molecule has 1 aromatic heterocycles. The summed E-state index contributed by atoms with van der Waals surface area (Å²) >= 11 is 12.2. The van der Waals surface area contributed by atoms with E-state index < -0.39 is 4.92 Å². The number of fused-ring (bicyclic) bond motifs is 1. The highest BCUT2D eigenvalue weighted by Crippen LogP contribution is 2.28. The van der Waals surface area contributed by atoms with Crippen molar-refractivity contribution in [3.63, 3.8) is 0 Å². The Morgan fingerprint density at radius 3 is 2.54 bits per heavy atom. The summed E-state index contributed by atoms with van der Waals surface area (Å²) in [5.41, 5.74) is 2.60. The molecule has 0 bridgehead atoms. The van der Waals surface area contributed by atoms with Gasteiger partial charge in [0.05, 0.1) is 10.4 Å². The molecule has 4 aromatic rings. The summed E-state index contributed by atoms with van der Waals surface area (Å²) in [4.78, 5) is 21.3. The van der Waals surface area contributed by atoms with Gasteiger partial charge in [0.2, 0.25) is 0 Å². The van der Waals surface area contributed by atoms with E-state index in [0.29, 0.717) is 26.9 Å². The zero-order valence-electron chi connectivity index (χ0n) is 14.4. The van der Waals surface area contributed by atoms with E-state index in [2.05, 4.69) is 4.98 Å². The molecule has 0 N–H and O–H groups in total. The topological polar surface area (TPSA) is 70.2 Å². The minimum Gasteiger partial charge on any atom is -0.407 e. The van der Waals surface area contributed by atoms with Crippen molar-refractivity contribution >= 4 is 39.9 Å². The molecule has 4 rings (SSSR count). The Hall–Kier alpha value is -3.09. The second kappa shape index (κ2) is 7.50. The third kappa shape index (κ3) is 3.52. The van der Waals surface area contributed by atoms with Crippen LogP contribution in [0.5, 0.6) is 0 Å². The molecule has 0 aliphatic rings. The molecule has 1 heterocycles. The van der Waals surface area contributed by atoms with Crippen molar-refractivity contribution in [3.05, 3.63) is 92.5 Å². The first-order valence-electron chi connectivity index (χ1n) is 8.32. The van der Waals surface area contributed by atoms with Gasteiger partial charge in [-0.3, -0.25) is 10.1 Å². The van der Waals surface area contributed by atoms with Crippen LogP contribution in [0, 0.1) is 10.1 Å². The maximum atomic E-state index is 11.2. The monoisotopic (exact) mass is 413 g/mol. The molecule has 0 amide bonds. The van der Waals surface area contributed by atoms with Crippen LogP contribution in [0.3, 0.4) is 0 Å². The standard InChI is InChI=1S/C20H13Cl2N3O3/c21-15-7-6-14(17(22)10-15)12-28-24-19-11-16(25(26)27)8-9-18(19)23-20(24)13-4-2-1-3-5-13/h1-11H,12H2. The molecule has 0 unspecified atom stereocenters. The van der Waals surface area contributed by atoms with Crippen LogP contribution in [0.4, 0.5) is 5.69 Å². The number of benzene rings is 3. The summed E-state index contributed by atoms with van der Waals surface area (Å²) in [6, 6.07) is 19.1. The van der Waals surface area contributed by atoms with Crippen LogP contribution >= 0.6 is 23.2 Å². The molecule has 0 saturated carbocycles. The Labute approximate surface area is 170 Å². The maximum absolute atomic E-state index is 11.2. The summed E-state index contributed by atoms with van der Waals surface area (Å²) in [6.45, 7) is 0.143. The quantitative estimate of drug-likeness (QED) is 0.317. The van der Waals surface area contributed by atoms with Gasteiger partial charge in [-0.15, -0.1) is 0 Å². The smallest absolute Gasteiger partial charge is 0.271 e. The van der Waals surface area contributed by atoms with Crippen molar-refractivity contribution in [1.82, 2.24) is 9.71 Å². The number of imidazole rings is 1. The molecule has 6 nitrogen and oxygen atoms in total. The predicted molar refractivity (Wildman–Crippen MR) is 109 cm³/mol. The number of halogens is 2. The molecule has 0 saturated heterocycles. The second-order valence-corrected chi connectivity index (χ2v) is 6.88. The Morgan fingerprint density at radius 1 is 1.04 bits per heavy atom. The van der Waals surface area contributed by atoms with Crippen LogP contribution in [0.2, 0.25) is 10.0 Å². The molecular weight excluding hydrogens is 401 g/mol. The molecule has 0 radical (unpaired) electrons. The van der Waals surface area contributed by atoms with Gasteiger partial charge in [-0.1, -0.05) is 59.6 Å². The first-order valence-corrected chi connectivity index (χ1v) is 9.08. The fourth-order valence-corrected chi connectivity index (χ4v) is 3.29. The van der Waals surface area contributed by atoms with E-state index in [1.54, 1.807) is 24.3 Å². The van der Waals surface area contributed by atoms with Crippen molar-refractivity contribution in [2.75, 3.05) is 0 Å². The van der Waals surface area contributed by atoms with Gasteiger partial charge in [0.25, 0.3) is 5.69 Å². The summed E-state index contributed by atoms with van der Waals surface area (Å²) in [5.74, 6) is 0.543. The molecule has 140 valence electrons. The van der Waals surface area contributed by atoms with Gasteiger partial charge >= 0.3 is 0 Å². The third-order valence-electron chi connectivity index (χ3n) is 4.20. The molecule has 0 aliphatic carbocycles.